The Labute approximate surface area is 126 Å². The van der Waals surface area contributed by atoms with E-state index in [9.17, 15) is 9.18 Å². The van der Waals surface area contributed by atoms with Crippen molar-refractivity contribution >= 4 is 17.4 Å². The fourth-order valence-corrected chi connectivity index (χ4v) is 2.56. The van der Waals surface area contributed by atoms with Crippen LogP contribution in [0.25, 0.3) is 0 Å². The van der Waals surface area contributed by atoms with E-state index in [1.807, 2.05) is 0 Å². The van der Waals surface area contributed by atoms with Crippen molar-refractivity contribution in [2.45, 2.75) is 12.5 Å². The smallest absolute Gasteiger partial charge is 0.170 e. The summed E-state index contributed by atoms with van der Waals surface area (Å²) in [6.07, 6.45) is -0.604. The predicted octanol–water partition coefficient (Wildman–Crippen LogP) is 4.19. The number of halogens is 2. The van der Waals surface area contributed by atoms with Gasteiger partial charge in [-0.1, -0.05) is 23.7 Å². The molecule has 2 aromatic rings. The number of hydrogen-bond donors (Lipinski definition) is 0. The molecule has 0 radical (unpaired) electrons. The molecule has 1 heterocycles. The van der Waals surface area contributed by atoms with Crippen molar-refractivity contribution in [3.05, 3.63) is 58.4 Å². The van der Waals surface area contributed by atoms with Crippen LogP contribution >= 0.6 is 11.6 Å². The number of benzene rings is 2. The Hall–Kier alpha value is -2.07. The van der Waals surface area contributed by atoms with Crippen LogP contribution in [0.3, 0.4) is 0 Å². The lowest BCUT2D eigenvalue weighted by Gasteiger charge is -2.26. The van der Waals surface area contributed by atoms with Crippen molar-refractivity contribution in [2.24, 2.45) is 0 Å². The molecule has 1 aliphatic heterocycles. The van der Waals surface area contributed by atoms with Crippen LogP contribution < -0.4 is 9.47 Å². The van der Waals surface area contributed by atoms with Gasteiger partial charge in [0.15, 0.2) is 5.78 Å². The second-order valence-electron chi connectivity index (χ2n) is 4.74. The minimum atomic E-state index is -0.684. The molecule has 3 rings (SSSR count). The Morgan fingerprint density at radius 3 is 2.90 bits per heavy atom. The fourth-order valence-electron chi connectivity index (χ4n) is 2.37. The molecule has 0 N–H and O–H groups in total. The van der Waals surface area contributed by atoms with Gasteiger partial charge in [-0.05, 0) is 18.2 Å². The van der Waals surface area contributed by atoms with Gasteiger partial charge < -0.3 is 9.47 Å². The maximum atomic E-state index is 14.1. The average Bonchev–Trinajstić information content (AvgIpc) is 2.49. The zero-order chi connectivity index (χ0) is 15.0. The van der Waals surface area contributed by atoms with Gasteiger partial charge >= 0.3 is 0 Å². The minimum absolute atomic E-state index is 0.0139. The zero-order valence-corrected chi connectivity index (χ0v) is 12.0. The van der Waals surface area contributed by atoms with Gasteiger partial charge in [0, 0.05) is 11.6 Å². The second kappa shape index (κ2) is 5.37. The molecule has 108 valence electrons. The number of carbonyl (C=O) groups is 1. The molecule has 1 atom stereocenters. The molecule has 1 unspecified atom stereocenters. The summed E-state index contributed by atoms with van der Waals surface area (Å²) in [5.74, 6) is 0.329. The first-order chi connectivity index (χ1) is 10.1. The van der Waals surface area contributed by atoms with Crippen molar-refractivity contribution in [3.8, 4) is 11.5 Å². The van der Waals surface area contributed by atoms with E-state index in [0.717, 1.165) is 0 Å². The first kappa shape index (κ1) is 13.9. The molecular weight excluding hydrogens is 295 g/mol. The van der Waals surface area contributed by atoms with Gasteiger partial charge in [-0.15, -0.1) is 0 Å². The molecule has 5 heteroatoms. The summed E-state index contributed by atoms with van der Waals surface area (Å²) in [7, 11) is 1.53. The Kier molecular flexibility index (Phi) is 3.55. The lowest BCUT2D eigenvalue weighted by molar-refractivity contribution is 0.0845. The van der Waals surface area contributed by atoms with Crippen LogP contribution in [-0.4, -0.2) is 12.9 Å². The summed E-state index contributed by atoms with van der Waals surface area (Å²) in [6, 6.07) is 9.64. The second-order valence-corrected chi connectivity index (χ2v) is 5.15. The Morgan fingerprint density at radius 2 is 2.14 bits per heavy atom. The Morgan fingerprint density at radius 1 is 1.33 bits per heavy atom. The predicted molar refractivity (Wildman–Crippen MR) is 76.7 cm³/mol. The van der Waals surface area contributed by atoms with Crippen LogP contribution in [-0.2, 0) is 0 Å². The van der Waals surface area contributed by atoms with Crippen LogP contribution in [0.2, 0.25) is 5.02 Å². The molecule has 0 bridgehead atoms. The van der Waals surface area contributed by atoms with Gasteiger partial charge in [0.05, 0.1) is 24.1 Å². The summed E-state index contributed by atoms with van der Waals surface area (Å²) in [5.41, 5.74) is 0.763. The van der Waals surface area contributed by atoms with Gasteiger partial charge in [0.1, 0.15) is 23.4 Å². The maximum Gasteiger partial charge on any atom is 0.170 e. The molecule has 0 spiro atoms. The normalized spacial score (nSPS) is 17.1. The number of rotatable bonds is 2. The summed E-state index contributed by atoms with van der Waals surface area (Å²) >= 11 is 5.78. The van der Waals surface area contributed by atoms with E-state index >= 15 is 0 Å². The first-order valence-electron chi connectivity index (χ1n) is 6.42. The van der Waals surface area contributed by atoms with Crippen LogP contribution in [0.15, 0.2) is 36.4 Å². The highest BCUT2D eigenvalue weighted by atomic mass is 35.5. The summed E-state index contributed by atoms with van der Waals surface area (Å²) < 4.78 is 25.0. The van der Waals surface area contributed by atoms with E-state index in [1.54, 1.807) is 30.3 Å². The minimum Gasteiger partial charge on any atom is -0.497 e. The van der Waals surface area contributed by atoms with E-state index in [-0.39, 0.29) is 22.8 Å². The third-order valence-corrected chi connectivity index (χ3v) is 3.75. The molecule has 21 heavy (non-hydrogen) atoms. The molecule has 0 fully saturated rings. The van der Waals surface area contributed by atoms with Crippen molar-refractivity contribution in [1.82, 2.24) is 0 Å². The van der Waals surface area contributed by atoms with E-state index in [0.29, 0.717) is 17.1 Å². The number of hydrogen-bond acceptors (Lipinski definition) is 3. The number of methoxy groups -OCH3 is 1. The number of carbonyl (C=O) groups excluding carboxylic acids is 1. The van der Waals surface area contributed by atoms with E-state index < -0.39 is 11.9 Å². The molecular formula is C16H12ClFO3. The third kappa shape index (κ3) is 2.47. The monoisotopic (exact) mass is 306 g/mol. The molecule has 0 saturated heterocycles. The number of Topliss-reactive ketones (excluding diaryl/α,β-unsaturated/α-hetero) is 1. The van der Waals surface area contributed by atoms with Crippen molar-refractivity contribution in [1.29, 1.82) is 0 Å². The van der Waals surface area contributed by atoms with Crippen molar-refractivity contribution in [3.63, 3.8) is 0 Å². The molecule has 3 nitrogen and oxygen atoms in total. The number of ketones is 1. The van der Waals surface area contributed by atoms with E-state index in [4.69, 9.17) is 21.1 Å². The quantitative estimate of drug-likeness (QED) is 0.834. The van der Waals surface area contributed by atoms with Gasteiger partial charge in [0.25, 0.3) is 0 Å². The average molecular weight is 307 g/mol. The molecule has 0 amide bonds. The topological polar surface area (TPSA) is 35.5 Å². The molecule has 2 aromatic carbocycles. The third-order valence-electron chi connectivity index (χ3n) is 3.46. The van der Waals surface area contributed by atoms with Gasteiger partial charge in [-0.25, -0.2) is 4.39 Å². The molecule has 0 aromatic heterocycles. The highest BCUT2D eigenvalue weighted by Gasteiger charge is 2.30. The fraction of sp³-hybridized carbons (Fsp3) is 0.188. The molecule has 0 saturated carbocycles. The summed E-state index contributed by atoms with van der Waals surface area (Å²) in [5, 5.41) is 0.0139. The van der Waals surface area contributed by atoms with Crippen molar-refractivity contribution in [2.75, 3.05) is 7.11 Å². The zero-order valence-electron chi connectivity index (χ0n) is 11.2. The van der Waals surface area contributed by atoms with Crippen LogP contribution in [0.5, 0.6) is 11.5 Å². The SMILES string of the molecule is COc1ccc2c(c1)OC(c1cccc(Cl)c1F)CC2=O. The van der Waals surface area contributed by atoms with Crippen LogP contribution in [0, 0.1) is 5.82 Å². The Balaban J connectivity index is 2.01. The van der Waals surface area contributed by atoms with E-state index in [1.165, 1.54) is 13.2 Å². The number of fused-ring (bicyclic) bond motifs is 1. The number of ether oxygens (including phenoxy) is 2. The lowest BCUT2D eigenvalue weighted by atomic mass is 9.96. The summed E-state index contributed by atoms with van der Waals surface area (Å²) in [4.78, 5) is 12.2. The highest BCUT2D eigenvalue weighted by molar-refractivity contribution is 6.30. The van der Waals surface area contributed by atoms with E-state index in [2.05, 4.69) is 0 Å². The first-order valence-corrected chi connectivity index (χ1v) is 6.79. The van der Waals surface area contributed by atoms with Crippen LogP contribution in [0.4, 0.5) is 4.39 Å². The molecule has 1 aliphatic rings. The Bertz CT molecular complexity index is 715. The van der Waals surface area contributed by atoms with Gasteiger partial charge in [0.2, 0.25) is 0 Å². The molecule has 0 aliphatic carbocycles. The summed E-state index contributed by atoms with van der Waals surface area (Å²) in [6.45, 7) is 0. The largest absolute Gasteiger partial charge is 0.497 e. The maximum absolute atomic E-state index is 14.1. The van der Waals surface area contributed by atoms with Crippen molar-refractivity contribution < 1.29 is 18.7 Å². The standard InChI is InChI=1S/C16H12ClFO3/c1-20-9-5-6-10-13(19)8-15(21-14(10)7-9)11-3-2-4-12(17)16(11)18/h2-7,15H,8H2,1H3. The highest BCUT2D eigenvalue weighted by Crippen LogP contribution is 2.38. The van der Waals surface area contributed by atoms with Gasteiger partial charge in [-0.3, -0.25) is 4.79 Å². The lowest BCUT2D eigenvalue weighted by Crippen LogP contribution is -2.21. The van der Waals surface area contributed by atoms with Gasteiger partial charge in [-0.2, -0.15) is 0 Å². The van der Waals surface area contributed by atoms with Crippen LogP contribution in [0.1, 0.15) is 28.4 Å².